The Bertz CT molecular complexity index is 1190. The van der Waals surface area contributed by atoms with Gasteiger partial charge in [0.15, 0.2) is 11.2 Å². The molecule has 2 atom stereocenters. The Morgan fingerprint density at radius 2 is 1.97 bits per heavy atom. The second-order valence-corrected chi connectivity index (χ2v) is 8.55. The molecule has 0 fully saturated rings. The van der Waals surface area contributed by atoms with Crippen LogP contribution in [0.3, 0.4) is 0 Å². The van der Waals surface area contributed by atoms with E-state index in [0.29, 0.717) is 11.0 Å². The van der Waals surface area contributed by atoms with E-state index in [1.54, 1.807) is 42.5 Å². The molecule has 29 heavy (non-hydrogen) atoms. The van der Waals surface area contributed by atoms with Crippen LogP contribution in [-0.2, 0) is 13.6 Å². The number of aromatic hydroxyl groups is 1. The number of hydrazone groups is 1. The Balaban J connectivity index is 1.80. The maximum atomic E-state index is 13.6. The lowest BCUT2D eigenvalue weighted by Gasteiger charge is -2.30. The van der Waals surface area contributed by atoms with Crippen molar-refractivity contribution in [2.24, 2.45) is 5.10 Å². The van der Waals surface area contributed by atoms with Crippen molar-refractivity contribution < 1.29 is 23.1 Å². The smallest absolute Gasteiger partial charge is 0.409 e. The van der Waals surface area contributed by atoms with Gasteiger partial charge in [-0.25, -0.2) is 4.57 Å². The highest BCUT2D eigenvalue weighted by molar-refractivity contribution is 7.54. The van der Waals surface area contributed by atoms with E-state index in [-0.39, 0.29) is 40.7 Å². The summed E-state index contributed by atoms with van der Waals surface area (Å²) in [5, 5.41) is 14.4. The fraction of sp³-hybridized carbons (Fsp3) is 0.158. The number of nitrogens with zero attached hydrogens (tertiary/aromatic N) is 1. The summed E-state index contributed by atoms with van der Waals surface area (Å²) < 4.78 is 30.2. The average molecular weight is 435 g/mol. The molecule has 0 saturated heterocycles. The lowest BCUT2D eigenvalue weighted by atomic mass is 10.2. The van der Waals surface area contributed by atoms with Gasteiger partial charge in [0, 0.05) is 5.88 Å². The summed E-state index contributed by atoms with van der Waals surface area (Å²) in [5.74, 6) is -1.38. The number of hydrogen-bond donors (Lipinski definition) is 2. The van der Waals surface area contributed by atoms with E-state index in [4.69, 9.17) is 25.1 Å². The van der Waals surface area contributed by atoms with Crippen molar-refractivity contribution >= 4 is 36.1 Å². The van der Waals surface area contributed by atoms with Gasteiger partial charge < -0.3 is 14.0 Å². The molecule has 2 N–H and O–H groups in total. The molecule has 0 spiro atoms. The number of phenols is 1. The first-order valence-electron chi connectivity index (χ1n) is 8.65. The highest BCUT2D eigenvalue weighted by Crippen LogP contribution is 2.61. The third-order valence-electron chi connectivity index (χ3n) is 4.30. The molecule has 1 aliphatic heterocycles. The minimum atomic E-state index is -4.01. The number of nitrogens with one attached hydrogen (secondary N) is 1. The third-order valence-corrected chi connectivity index (χ3v) is 6.45. The van der Waals surface area contributed by atoms with Crippen molar-refractivity contribution in [3.63, 3.8) is 0 Å². The molecule has 0 amide bonds. The number of hydrogen-bond acceptors (Lipinski definition) is 8. The SMILES string of the molecule is O=c1c(C2NN=C(c3ccccc3O)OP2(=O)OCCCl)coc2ccccc12. The molecule has 1 aromatic heterocycles. The summed E-state index contributed by atoms with van der Waals surface area (Å²) in [5.41, 5.74) is 2.95. The Morgan fingerprint density at radius 3 is 2.76 bits per heavy atom. The number of alkyl halides is 1. The molecule has 1 aliphatic rings. The summed E-state index contributed by atoms with van der Waals surface area (Å²) in [6.45, 7) is -0.0794. The second kappa shape index (κ2) is 7.91. The van der Waals surface area contributed by atoms with Gasteiger partial charge in [-0.1, -0.05) is 24.3 Å². The predicted octanol–water partition coefficient (Wildman–Crippen LogP) is 3.93. The number of halogens is 1. The van der Waals surface area contributed by atoms with Gasteiger partial charge >= 0.3 is 7.60 Å². The van der Waals surface area contributed by atoms with Crippen LogP contribution in [0, 0.1) is 0 Å². The van der Waals surface area contributed by atoms with Gasteiger partial charge in [0.1, 0.15) is 17.6 Å². The molecular formula is C19H16ClN2O6P. The fourth-order valence-corrected chi connectivity index (χ4v) is 4.87. The van der Waals surface area contributed by atoms with Crippen molar-refractivity contribution in [1.29, 1.82) is 0 Å². The quantitative estimate of drug-likeness (QED) is 0.462. The summed E-state index contributed by atoms with van der Waals surface area (Å²) in [7, 11) is -4.01. The topological polar surface area (TPSA) is 110 Å². The molecule has 2 heterocycles. The van der Waals surface area contributed by atoms with Crippen LogP contribution >= 0.6 is 19.2 Å². The molecule has 8 nitrogen and oxygen atoms in total. The van der Waals surface area contributed by atoms with Crippen LogP contribution < -0.4 is 10.9 Å². The van der Waals surface area contributed by atoms with Gasteiger partial charge in [-0.15, -0.1) is 16.7 Å². The number of fused-ring (bicyclic) bond motifs is 1. The molecule has 2 aromatic carbocycles. The highest BCUT2D eigenvalue weighted by atomic mass is 35.5. The lowest BCUT2D eigenvalue weighted by molar-refractivity contribution is 0.254. The second-order valence-electron chi connectivity index (χ2n) is 6.14. The van der Waals surface area contributed by atoms with Crippen LogP contribution in [0.5, 0.6) is 5.75 Å². The monoisotopic (exact) mass is 434 g/mol. The standard InChI is InChI=1S/C19H16ClN2O6P/c20-9-10-27-29(25)19(14-11-26-16-8-4-2-6-13(16)17(14)24)22-21-18(28-29)12-5-1-3-7-15(12)23/h1-8,11,19,22-23H,9-10H2. The first-order valence-corrected chi connectivity index (χ1v) is 10.8. The Morgan fingerprint density at radius 1 is 1.21 bits per heavy atom. The van der Waals surface area contributed by atoms with E-state index in [9.17, 15) is 14.5 Å². The largest absolute Gasteiger partial charge is 0.507 e. The molecule has 4 rings (SSSR count). The molecule has 3 aromatic rings. The van der Waals surface area contributed by atoms with E-state index in [2.05, 4.69) is 10.5 Å². The number of rotatable bonds is 5. The van der Waals surface area contributed by atoms with E-state index in [1.165, 1.54) is 12.3 Å². The predicted molar refractivity (Wildman–Crippen MR) is 108 cm³/mol. The van der Waals surface area contributed by atoms with Crippen LogP contribution in [0.15, 0.2) is 69.1 Å². The van der Waals surface area contributed by atoms with E-state index in [0.717, 1.165) is 0 Å². The zero-order valence-electron chi connectivity index (χ0n) is 14.9. The molecule has 2 unspecified atom stereocenters. The van der Waals surface area contributed by atoms with Crippen LogP contribution in [0.4, 0.5) is 0 Å². The average Bonchev–Trinajstić information content (AvgIpc) is 2.74. The minimum Gasteiger partial charge on any atom is -0.507 e. The van der Waals surface area contributed by atoms with Gasteiger partial charge in [0.05, 0.1) is 23.1 Å². The summed E-state index contributed by atoms with van der Waals surface area (Å²) in [4.78, 5) is 12.9. The van der Waals surface area contributed by atoms with Crippen molar-refractivity contribution in [2.45, 2.75) is 5.78 Å². The summed E-state index contributed by atoms with van der Waals surface area (Å²) >= 11 is 5.69. The van der Waals surface area contributed by atoms with Crippen LogP contribution in [0.25, 0.3) is 11.0 Å². The van der Waals surface area contributed by atoms with Crippen molar-refractivity contribution in [3.05, 3.63) is 76.1 Å². The molecular weight excluding hydrogens is 419 g/mol. The summed E-state index contributed by atoms with van der Waals surface area (Å²) in [6.07, 6.45) is 1.21. The van der Waals surface area contributed by atoms with E-state index >= 15 is 0 Å². The normalized spacial score (nSPS) is 21.3. The zero-order chi connectivity index (χ0) is 20.4. The van der Waals surface area contributed by atoms with Gasteiger partial charge in [0.25, 0.3) is 0 Å². The zero-order valence-corrected chi connectivity index (χ0v) is 16.6. The molecule has 0 aliphatic carbocycles. The Kier molecular flexibility index (Phi) is 5.32. The van der Waals surface area contributed by atoms with Crippen LogP contribution in [0.2, 0.25) is 0 Å². The van der Waals surface area contributed by atoms with Crippen molar-refractivity contribution in [3.8, 4) is 5.75 Å². The van der Waals surface area contributed by atoms with Crippen LogP contribution in [0.1, 0.15) is 16.9 Å². The van der Waals surface area contributed by atoms with Gasteiger partial charge in [-0.05, 0) is 24.3 Å². The molecule has 0 radical (unpaired) electrons. The van der Waals surface area contributed by atoms with Gasteiger partial charge in [-0.3, -0.25) is 14.7 Å². The highest BCUT2D eigenvalue weighted by Gasteiger charge is 2.45. The Labute approximate surface area is 170 Å². The molecule has 150 valence electrons. The molecule has 0 bridgehead atoms. The van der Waals surface area contributed by atoms with E-state index in [1.807, 2.05) is 0 Å². The van der Waals surface area contributed by atoms with Gasteiger partial charge in [0.2, 0.25) is 5.90 Å². The van der Waals surface area contributed by atoms with E-state index < -0.39 is 13.4 Å². The lowest BCUT2D eigenvalue weighted by Crippen LogP contribution is -2.31. The Hall–Kier alpha value is -2.80. The van der Waals surface area contributed by atoms with Crippen molar-refractivity contribution in [1.82, 2.24) is 5.43 Å². The third kappa shape index (κ3) is 3.62. The first-order chi connectivity index (χ1) is 14.0. The first kappa shape index (κ1) is 19.5. The van der Waals surface area contributed by atoms with Crippen LogP contribution in [-0.4, -0.2) is 23.5 Å². The maximum absolute atomic E-state index is 13.6. The summed E-state index contributed by atoms with van der Waals surface area (Å²) in [6, 6.07) is 13.0. The van der Waals surface area contributed by atoms with Crippen molar-refractivity contribution in [2.75, 3.05) is 12.5 Å². The molecule has 0 saturated carbocycles. The number of phenolic OH excluding ortho intramolecular Hbond substituents is 1. The minimum absolute atomic E-state index is 0.0432. The van der Waals surface area contributed by atoms with Gasteiger partial charge in [-0.2, -0.15) is 0 Å². The molecule has 10 heteroatoms. The fourth-order valence-electron chi connectivity index (χ4n) is 2.93. The maximum Gasteiger partial charge on any atom is 0.409 e. The number of para-hydroxylation sites is 2. The number of benzene rings is 2.